The van der Waals surface area contributed by atoms with Crippen molar-refractivity contribution in [3.63, 3.8) is 0 Å². The lowest BCUT2D eigenvalue weighted by Crippen LogP contribution is -2.34. The highest BCUT2D eigenvalue weighted by molar-refractivity contribution is 6.08. The monoisotopic (exact) mass is 331 g/mol. The number of allylic oxidation sites excluding steroid dienone is 3. The van der Waals surface area contributed by atoms with Crippen molar-refractivity contribution in [2.75, 3.05) is 7.05 Å². The van der Waals surface area contributed by atoms with Gasteiger partial charge in [0.1, 0.15) is 0 Å². The first kappa shape index (κ1) is 17.5. The van der Waals surface area contributed by atoms with E-state index in [0.717, 1.165) is 12.0 Å². The molecular weight excluding hydrogens is 302 g/mol. The highest BCUT2D eigenvalue weighted by Gasteiger charge is 2.36. The highest BCUT2D eigenvalue weighted by atomic mass is 14.9. The van der Waals surface area contributed by atoms with E-state index in [2.05, 4.69) is 82.9 Å². The molecule has 1 heteroatoms. The van der Waals surface area contributed by atoms with Crippen LogP contribution in [0.3, 0.4) is 0 Å². The molecule has 0 spiro atoms. The first-order valence-corrected chi connectivity index (χ1v) is 9.14. The summed E-state index contributed by atoms with van der Waals surface area (Å²) in [4.78, 5) is 0. The number of aryl methyl sites for hydroxylation is 3. The fraction of sp³-hybridized carbons (Fsp3) is 0.333. The molecular formula is C24H29N. The van der Waals surface area contributed by atoms with Crippen LogP contribution in [0.15, 0.2) is 48.7 Å². The minimum absolute atomic E-state index is 0.0808. The first-order chi connectivity index (χ1) is 11.8. The molecule has 0 radical (unpaired) electrons. The van der Waals surface area contributed by atoms with Crippen LogP contribution in [0.2, 0.25) is 0 Å². The number of rotatable bonds is 3. The Morgan fingerprint density at radius 3 is 2.24 bits per heavy atom. The molecule has 0 aliphatic heterocycles. The summed E-state index contributed by atoms with van der Waals surface area (Å²) in [5.74, 6) is 0. The van der Waals surface area contributed by atoms with E-state index in [4.69, 9.17) is 0 Å². The fourth-order valence-corrected chi connectivity index (χ4v) is 4.11. The summed E-state index contributed by atoms with van der Waals surface area (Å²) in [6, 6.07) is 13.5. The zero-order valence-electron chi connectivity index (χ0n) is 16.4. The average Bonchev–Trinajstić information content (AvgIpc) is 2.58. The number of hydrogen-bond acceptors (Lipinski definition) is 1. The van der Waals surface area contributed by atoms with Gasteiger partial charge in [0.2, 0.25) is 0 Å². The van der Waals surface area contributed by atoms with E-state index in [-0.39, 0.29) is 5.41 Å². The third-order valence-electron chi connectivity index (χ3n) is 5.62. The SMILES string of the molecule is C=C1C(c2ccc(C)cc2)=C(NC)C(C)(C)c2cc(C)c(CC)cc21. The molecule has 0 saturated carbocycles. The van der Waals surface area contributed by atoms with Crippen LogP contribution in [0.4, 0.5) is 0 Å². The van der Waals surface area contributed by atoms with Crippen LogP contribution in [0.5, 0.6) is 0 Å². The Morgan fingerprint density at radius 2 is 1.68 bits per heavy atom. The van der Waals surface area contributed by atoms with Gasteiger partial charge in [-0.2, -0.15) is 0 Å². The molecule has 0 bridgehead atoms. The van der Waals surface area contributed by atoms with Crippen molar-refractivity contribution in [3.05, 3.63) is 82.1 Å². The number of benzene rings is 2. The Morgan fingerprint density at radius 1 is 1.04 bits per heavy atom. The number of hydrogen-bond donors (Lipinski definition) is 1. The molecule has 2 aromatic rings. The molecule has 130 valence electrons. The van der Waals surface area contributed by atoms with Crippen LogP contribution < -0.4 is 5.32 Å². The summed E-state index contributed by atoms with van der Waals surface area (Å²) >= 11 is 0. The van der Waals surface area contributed by atoms with Gasteiger partial charge in [-0.05, 0) is 53.7 Å². The maximum absolute atomic E-state index is 4.51. The molecule has 1 aliphatic carbocycles. The molecule has 1 nitrogen and oxygen atoms in total. The molecule has 1 N–H and O–H groups in total. The van der Waals surface area contributed by atoms with E-state index in [1.54, 1.807) is 0 Å². The molecule has 0 heterocycles. The van der Waals surface area contributed by atoms with Crippen molar-refractivity contribution >= 4 is 11.1 Å². The second kappa shape index (κ2) is 6.22. The van der Waals surface area contributed by atoms with E-state index in [0.29, 0.717) is 0 Å². The zero-order chi connectivity index (χ0) is 18.4. The topological polar surface area (TPSA) is 12.0 Å². The van der Waals surface area contributed by atoms with Gasteiger partial charge in [0, 0.05) is 23.7 Å². The van der Waals surface area contributed by atoms with Crippen LogP contribution in [0.1, 0.15) is 54.2 Å². The van der Waals surface area contributed by atoms with Crippen LogP contribution in [0, 0.1) is 13.8 Å². The van der Waals surface area contributed by atoms with Crippen LogP contribution >= 0.6 is 0 Å². The normalized spacial score (nSPS) is 16.0. The van der Waals surface area contributed by atoms with Gasteiger partial charge < -0.3 is 5.32 Å². The standard InChI is InChI=1S/C24H29N/c1-8-18-14-20-17(4)22(19-11-9-15(2)10-12-19)23(25-7)24(5,6)21(20)13-16(18)3/h9-14,25H,4,8H2,1-3,5-7H3. The van der Waals surface area contributed by atoms with Crippen molar-refractivity contribution < 1.29 is 0 Å². The molecule has 0 atom stereocenters. The largest absolute Gasteiger partial charge is 0.390 e. The molecule has 0 aromatic heterocycles. The Bertz CT molecular complexity index is 864. The van der Waals surface area contributed by atoms with Crippen molar-refractivity contribution in [1.82, 2.24) is 5.32 Å². The molecule has 0 fully saturated rings. The maximum Gasteiger partial charge on any atom is 0.0306 e. The second-order valence-electron chi connectivity index (χ2n) is 7.65. The first-order valence-electron chi connectivity index (χ1n) is 9.14. The van der Waals surface area contributed by atoms with Crippen molar-refractivity contribution in [2.24, 2.45) is 0 Å². The average molecular weight is 332 g/mol. The molecule has 25 heavy (non-hydrogen) atoms. The number of nitrogens with one attached hydrogen (secondary N) is 1. The van der Waals surface area contributed by atoms with Crippen LogP contribution in [-0.2, 0) is 11.8 Å². The summed E-state index contributed by atoms with van der Waals surface area (Å²) in [7, 11) is 2.02. The van der Waals surface area contributed by atoms with Crippen LogP contribution in [-0.4, -0.2) is 7.05 Å². The summed E-state index contributed by atoms with van der Waals surface area (Å²) in [6.07, 6.45) is 1.05. The van der Waals surface area contributed by atoms with E-state index in [9.17, 15) is 0 Å². The predicted octanol–water partition coefficient (Wildman–Crippen LogP) is 5.80. The molecule has 0 saturated heterocycles. The van der Waals surface area contributed by atoms with E-state index >= 15 is 0 Å². The predicted molar refractivity (Wildman–Crippen MR) is 110 cm³/mol. The molecule has 0 unspecified atom stereocenters. The van der Waals surface area contributed by atoms with Gasteiger partial charge in [-0.25, -0.2) is 0 Å². The molecule has 2 aromatic carbocycles. The van der Waals surface area contributed by atoms with Gasteiger partial charge in [0.05, 0.1) is 0 Å². The summed E-state index contributed by atoms with van der Waals surface area (Å²) < 4.78 is 0. The second-order valence-corrected chi connectivity index (χ2v) is 7.65. The van der Waals surface area contributed by atoms with Gasteiger partial charge in [-0.3, -0.25) is 0 Å². The van der Waals surface area contributed by atoms with Gasteiger partial charge in [-0.15, -0.1) is 0 Å². The zero-order valence-corrected chi connectivity index (χ0v) is 16.4. The lowest BCUT2D eigenvalue weighted by atomic mass is 9.68. The Hall–Kier alpha value is -2.28. The maximum atomic E-state index is 4.51. The molecule has 0 amide bonds. The third kappa shape index (κ3) is 2.72. The van der Waals surface area contributed by atoms with E-state index < -0.39 is 0 Å². The fourth-order valence-electron chi connectivity index (χ4n) is 4.11. The van der Waals surface area contributed by atoms with E-state index in [1.165, 1.54) is 44.7 Å². The number of fused-ring (bicyclic) bond motifs is 1. The van der Waals surface area contributed by atoms with Crippen LogP contribution in [0.25, 0.3) is 11.1 Å². The summed E-state index contributed by atoms with van der Waals surface area (Å²) in [5, 5.41) is 3.50. The quantitative estimate of drug-likeness (QED) is 0.749. The van der Waals surface area contributed by atoms with Crippen molar-refractivity contribution in [1.29, 1.82) is 0 Å². The van der Waals surface area contributed by atoms with Gasteiger partial charge in [0.15, 0.2) is 0 Å². The molecule has 3 rings (SSSR count). The van der Waals surface area contributed by atoms with Gasteiger partial charge in [0.25, 0.3) is 0 Å². The Balaban J connectivity index is 2.30. The Kier molecular flexibility index (Phi) is 4.36. The van der Waals surface area contributed by atoms with Crippen molar-refractivity contribution in [2.45, 2.75) is 46.5 Å². The Labute approximate surface area is 152 Å². The van der Waals surface area contributed by atoms with Gasteiger partial charge >= 0.3 is 0 Å². The minimum atomic E-state index is -0.0808. The highest BCUT2D eigenvalue weighted by Crippen LogP contribution is 2.48. The lowest BCUT2D eigenvalue weighted by Gasteiger charge is -2.39. The third-order valence-corrected chi connectivity index (χ3v) is 5.62. The summed E-state index contributed by atoms with van der Waals surface area (Å²) in [5.41, 5.74) is 11.5. The smallest absolute Gasteiger partial charge is 0.0306 e. The number of likely N-dealkylation sites (N-methyl/N-ethyl adjacent to an activating group) is 1. The minimum Gasteiger partial charge on any atom is -0.390 e. The van der Waals surface area contributed by atoms with E-state index in [1.807, 2.05) is 7.05 Å². The molecule has 1 aliphatic rings. The van der Waals surface area contributed by atoms with Crippen molar-refractivity contribution in [3.8, 4) is 0 Å². The lowest BCUT2D eigenvalue weighted by molar-refractivity contribution is 0.578. The summed E-state index contributed by atoms with van der Waals surface area (Å²) in [6.45, 7) is 15.7. The van der Waals surface area contributed by atoms with Gasteiger partial charge in [-0.1, -0.05) is 69.3 Å².